The number of nitrogens with one attached hydrogen (secondary N) is 1. The Kier molecular flexibility index (Phi) is 4.04. The molecule has 0 bridgehead atoms. The first-order chi connectivity index (χ1) is 7.96. The minimum Gasteiger partial charge on any atom is -0.480 e. The van der Waals surface area contributed by atoms with E-state index < -0.39 is 28.8 Å². The Bertz CT molecular complexity index is 397. The summed E-state index contributed by atoms with van der Waals surface area (Å²) in [5.41, 5.74) is -1.73. The number of halogens is 2. The maximum Gasteiger partial charge on any atom is 0.329 e. The first-order valence-corrected chi connectivity index (χ1v) is 5.42. The number of benzene rings is 1. The second-order valence-corrected chi connectivity index (χ2v) is 3.82. The summed E-state index contributed by atoms with van der Waals surface area (Å²) in [4.78, 5) is 11.2. The SMILES string of the molecule is CCC(CC)(Nc1c(F)cccc1F)C(=O)O. The zero-order chi connectivity index (χ0) is 13.1. The van der Waals surface area contributed by atoms with Crippen LogP contribution >= 0.6 is 0 Å². The molecule has 5 heteroatoms. The van der Waals surface area contributed by atoms with Crippen molar-refractivity contribution in [2.24, 2.45) is 0 Å². The van der Waals surface area contributed by atoms with Gasteiger partial charge in [0, 0.05) is 0 Å². The Morgan fingerprint density at radius 1 is 1.29 bits per heavy atom. The van der Waals surface area contributed by atoms with Gasteiger partial charge in [0.15, 0.2) is 0 Å². The summed E-state index contributed by atoms with van der Waals surface area (Å²) in [5, 5.41) is 11.6. The van der Waals surface area contributed by atoms with Gasteiger partial charge in [-0.3, -0.25) is 0 Å². The summed E-state index contributed by atoms with van der Waals surface area (Å²) in [7, 11) is 0. The fraction of sp³-hybridized carbons (Fsp3) is 0.417. The van der Waals surface area contributed by atoms with Crippen molar-refractivity contribution >= 4 is 11.7 Å². The molecule has 0 aromatic heterocycles. The van der Waals surface area contributed by atoms with Gasteiger partial charge in [-0.15, -0.1) is 0 Å². The van der Waals surface area contributed by atoms with Crippen molar-refractivity contribution in [2.45, 2.75) is 32.2 Å². The van der Waals surface area contributed by atoms with Gasteiger partial charge in [-0.1, -0.05) is 19.9 Å². The topological polar surface area (TPSA) is 49.3 Å². The fourth-order valence-corrected chi connectivity index (χ4v) is 1.64. The molecule has 0 amide bonds. The van der Waals surface area contributed by atoms with Crippen molar-refractivity contribution in [3.63, 3.8) is 0 Å². The van der Waals surface area contributed by atoms with Gasteiger partial charge in [0.1, 0.15) is 22.9 Å². The number of carbonyl (C=O) groups is 1. The molecule has 0 radical (unpaired) electrons. The largest absolute Gasteiger partial charge is 0.480 e. The van der Waals surface area contributed by atoms with Crippen LogP contribution in [0.5, 0.6) is 0 Å². The second kappa shape index (κ2) is 5.12. The lowest BCUT2D eigenvalue weighted by Crippen LogP contribution is -2.45. The summed E-state index contributed by atoms with van der Waals surface area (Å²) >= 11 is 0. The monoisotopic (exact) mass is 243 g/mol. The Balaban J connectivity index is 3.14. The molecule has 0 aliphatic rings. The van der Waals surface area contributed by atoms with Gasteiger partial charge in [0.05, 0.1) is 0 Å². The summed E-state index contributed by atoms with van der Waals surface area (Å²) in [6.45, 7) is 3.31. The van der Waals surface area contributed by atoms with Crippen molar-refractivity contribution < 1.29 is 18.7 Å². The van der Waals surface area contributed by atoms with Gasteiger partial charge in [-0.2, -0.15) is 0 Å². The van der Waals surface area contributed by atoms with Crippen LogP contribution in [0.25, 0.3) is 0 Å². The average molecular weight is 243 g/mol. The summed E-state index contributed by atoms with van der Waals surface area (Å²) < 4.78 is 26.8. The molecule has 0 unspecified atom stereocenters. The molecule has 0 spiro atoms. The van der Waals surface area contributed by atoms with Gasteiger partial charge in [-0.05, 0) is 25.0 Å². The van der Waals surface area contributed by atoms with E-state index in [9.17, 15) is 13.6 Å². The van der Waals surface area contributed by atoms with Gasteiger partial charge >= 0.3 is 5.97 Å². The van der Waals surface area contributed by atoms with Gasteiger partial charge in [0.2, 0.25) is 0 Å². The minimum absolute atomic E-state index is 0.229. The highest BCUT2D eigenvalue weighted by atomic mass is 19.1. The second-order valence-electron chi connectivity index (χ2n) is 3.82. The maximum absolute atomic E-state index is 13.4. The first-order valence-electron chi connectivity index (χ1n) is 5.42. The predicted molar refractivity (Wildman–Crippen MR) is 60.9 cm³/mol. The molecule has 1 rings (SSSR count). The van der Waals surface area contributed by atoms with E-state index in [4.69, 9.17) is 5.11 Å². The predicted octanol–water partition coefficient (Wildman–Crippen LogP) is 3.02. The normalized spacial score (nSPS) is 11.3. The van der Waals surface area contributed by atoms with Crippen molar-refractivity contribution in [1.82, 2.24) is 0 Å². The zero-order valence-corrected chi connectivity index (χ0v) is 9.76. The Hall–Kier alpha value is -1.65. The number of anilines is 1. The van der Waals surface area contributed by atoms with E-state index in [2.05, 4.69) is 5.32 Å². The quantitative estimate of drug-likeness (QED) is 0.835. The van der Waals surface area contributed by atoms with Crippen LogP contribution in [0.1, 0.15) is 26.7 Å². The zero-order valence-electron chi connectivity index (χ0n) is 9.76. The summed E-state index contributed by atoms with van der Waals surface area (Å²) in [6.07, 6.45) is 0.458. The van der Waals surface area contributed by atoms with E-state index in [1.807, 2.05) is 0 Å². The van der Waals surface area contributed by atoms with Gasteiger partial charge < -0.3 is 10.4 Å². The lowest BCUT2D eigenvalue weighted by atomic mass is 9.92. The van der Waals surface area contributed by atoms with Crippen LogP contribution in [-0.2, 0) is 4.79 Å². The third kappa shape index (κ3) is 2.54. The van der Waals surface area contributed by atoms with Crippen LogP contribution in [-0.4, -0.2) is 16.6 Å². The molecule has 0 aliphatic heterocycles. The van der Waals surface area contributed by atoms with Crippen molar-refractivity contribution in [3.8, 4) is 0 Å². The lowest BCUT2D eigenvalue weighted by molar-refractivity contribution is -0.142. The van der Waals surface area contributed by atoms with E-state index in [1.165, 1.54) is 6.07 Å². The van der Waals surface area contributed by atoms with E-state index in [0.717, 1.165) is 12.1 Å². The van der Waals surface area contributed by atoms with E-state index >= 15 is 0 Å². The number of para-hydroxylation sites is 1. The molecular formula is C12H15F2NO2. The molecule has 1 aromatic rings. The third-order valence-electron chi connectivity index (χ3n) is 2.94. The molecule has 94 valence electrons. The fourth-order valence-electron chi connectivity index (χ4n) is 1.64. The summed E-state index contributed by atoms with van der Waals surface area (Å²) in [5.74, 6) is -2.71. The molecule has 0 heterocycles. The summed E-state index contributed by atoms with van der Waals surface area (Å²) in [6, 6.07) is 3.41. The standard InChI is InChI=1S/C12H15F2NO2/c1-3-12(4-2,11(16)17)15-10-8(13)6-5-7-9(10)14/h5-7,15H,3-4H2,1-2H3,(H,16,17). The minimum atomic E-state index is -1.34. The lowest BCUT2D eigenvalue weighted by Gasteiger charge is -2.29. The highest BCUT2D eigenvalue weighted by Crippen LogP contribution is 2.26. The number of carboxylic acids is 1. The molecule has 17 heavy (non-hydrogen) atoms. The molecular weight excluding hydrogens is 228 g/mol. The van der Waals surface area contributed by atoms with Crippen molar-refractivity contribution in [2.75, 3.05) is 5.32 Å². The van der Waals surface area contributed by atoms with E-state index in [0.29, 0.717) is 0 Å². The van der Waals surface area contributed by atoms with E-state index in [-0.39, 0.29) is 12.8 Å². The third-order valence-corrected chi connectivity index (χ3v) is 2.94. The number of rotatable bonds is 5. The van der Waals surface area contributed by atoms with Crippen molar-refractivity contribution in [1.29, 1.82) is 0 Å². The molecule has 0 aliphatic carbocycles. The Morgan fingerprint density at radius 3 is 2.12 bits per heavy atom. The molecule has 0 saturated heterocycles. The van der Waals surface area contributed by atoms with Crippen LogP contribution < -0.4 is 5.32 Å². The van der Waals surface area contributed by atoms with Crippen LogP contribution in [0, 0.1) is 11.6 Å². The van der Waals surface area contributed by atoms with Gasteiger partial charge in [-0.25, -0.2) is 13.6 Å². The van der Waals surface area contributed by atoms with Crippen LogP contribution in [0.2, 0.25) is 0 Å². The average Bonchev–Trinajstić information content (AvgIpc) is 2.29. The van der Waals surface area contributed by atoms with Crippen molar-refractivity contribution in [3.05, 3.63) is 29.8 Å². The van der Waals surface area contributed by atoms with Gasteiger partial charge in [0.25, 0.3) is 0 Å². The maximum atomic E-state index is 13.4. The number of hydrogen-bond acceptors (Lipinski definition) is 2. The van der Waals surface area contributed by atoms with Crippen LogP contribution in [0.4, 0.5) is 14.5 Å². The molecule has 3 nitrogen and oxygen atoms in total. The van der Waals surface area contributed by atoms with Crippen LogP contribution in [0.3, 0.4) is 0 Å². The Morgan fingerprint density at radius 2 is 1.76 bits per heavy atom. The Labute approximate surface area is 98.5 Å². The first kappa shape index (κ1) is 13.4. The number of carboxylic acid groups (broad SMARTS) is 1. The molecule has 0 fully saturated rings. The molecule has 0 atom stereocenters. The number of hydrogen-bond donors (Lipinski definition) is 2. The molecule has 2 N–H and O–H groups in total. The van der Waals surface area contributed by atoms with Crippen LogP contribution in [0.15, 0.2) is 18.2 Å². The highest BCUT2D eigenvalue weighted by Gasteiger charge is 2.36. The number of aliphatic carboxylic acids is 1. The molecule has 0 saturated carbocycles. The highest BCUT2D eigenvalue weighted by molar-refractivity contribution is 5.82. The molecule has 1 aromatic carbocycles. The van der Waals surface area contributed by atoms with E-state index in [1.54, 1.807) is 13.8 Å². The smallest absolute Gasteiger partial charge is 0.329 e.